The van der Waals surface area contributed by atoms with E-state index < -0.39 is 5.60 Å². The Morgan fingerprint density at radius 3 is 2.48 bits per heavy atom. The molecule has 0 fully saturated rings. The maximum Gasteiger partial charge on any atom is 0.305 e. The molecule has 0 aliphatic carbocycles. The van der Waals surface area contributed by atoms with E-state index in [1.807, 2.05) is 44.2 Å². The summed E-state index contributed by atoms with van der Waals surface area (Å²) in [6.07, 6.45) is 4.43. The second-order valence-corrected chi connectivity index (χ2v) is 6.73. The van der Waals surface area contributed by atoms with E-state index in [0.29, 0.717) is 19.0 Å². The smallest absolute Gasteiger partial charge is 0.305 e. The van der Waals surface area contributed by atoms with Crippen molar-refractivity contribution in [2.75, 3.05) is 26.2 Å². The fraction of sp³-hybridized carbons (Fsp3) is 0.619. The first-order valence-corrected chi connectivity index (χ1v) is 9.95. The summed E-state index contributed by atoms with van der Waals surface area (Å²) in [4.78, 5) is 15.8. The number of carbonyl (C=O) groups excluding carboxylic acids is 1. The minimum Gasteiger partial charge on any atom is -0.466 e. The monoisotopic (exact) mass is 377 g/mol. The van der Waals surface area contributed by atoms with Crippen LogP contribution in [0, 0.1) is 0 Å². The number of guanidine groups is 1. The first-order valence-electron chi connectivity index (χ1n) is 9.95. The lowest BCUT2D eigenvalue weighted by molar-refractivity contribution is -0.143. The van der Waals surface area contributed by atoms with Gasteiger partial charge >= 0.3 is 5.97 Å². The SMILES string of the molecule is CCNC(=NCC(C)(O)c1ccccc1)NCCCCCCC(=O)OCC. The van der Waals surface area contributed by atoms with Crippen molar-refractivity contribution >= 4 is 11.9 Å². The van der Waals surface area contributed by atoms with Gasteiger partial charge in [-0.3, -0.25) is 4.79 Å². The summed E-state index contributed by atoms with van der Waals surface area (Å²) in [5.74, 6) is 0.600. The van der Waals surface area contributed by atoms with E-state index in [1.54, 1.807) is 6.92 Å². The van der Waals surface area contributed by atoms with Crippen LogP contribution in [0.2, 0.25) is 0 Å². The van der Waals surface area contributed by atoms with Gasteiger partial charge in [-0.2, -0.15) is 0 Å². The van der Waals surface area contributed by atoms with Crippen molar-refractivity contribution in [1.82, 2.24) is 10.6 Å². The zero-order valence-electron chi connectivity index (χ0n) is 17.0. The number of rotatable bonds is 12. The van der Waals surface area contributed by atoms with E-state index in [4.69, 9.17) is 4.74 Å². The van der Waals surface area contributed by atoms with Gasteiger partial charge in [0.15, 0.2) is 5.96 Å². The third-order valence-electron chi connectivity index (χ3n) is 4.19. The lowest BCUT2D eigenvalue weighted by Crippen LogP contribution is -2.39. The van der Waals surface area contributed by atoms with E-state index in [2.05, 4.69) is 15.6 Å². The second kappa shape index (κ2) is 13.1. The van der Waals surface area contributed by atoms with E-state index in [1.165, 1.54) is 0 Å². The van der Waals surface area contributed by atoms with E-state index in [9.17, 15) is 9.90 Å². The molecule has 0 bridgehead atoms. The quantitative estimate of drug-likeness (QED) is 0.226. The minimum atomic E-state index is -1.00. The normalized spacial score (nSPS) is 13.7. The summed E-state index contributed by atoms with van der Waals surface area (Å²) < 4.78 is 4.92. The van der Waals surface area contributed by atoms with Crippen LogP contribution in [0.3, 0.4) is 0 Å². The highest BCUT2D eigenvalue weighted by Gasteiger charge is 2.22. The molecule has 27 heavy (non-hydrogen) atoms. The lowest BCUT2D eigenvalue weighted by Gasteiger charge is -2.22. The van der Waals surface area contributed by atoms with Gasteiger partial charge in [-0.25, -0.2) is 4.99 Å². The number of aliphatic hydroxyl groups is 1. The van der Waals surface area contributed by atoms with E-state index in [0.717, 1.165) is 44.3 Å². The van der Waals surface area contributed by atoms with Crippen molar-refractivity contribution in [2.24, 2.45) is 4.99 Å². The summed E-state index contributed by atoms with van der Waals surface area (Å²) in [6.45, 7) is 7.92. The predicted octanol–water partition coefficient (Wildman–Crippen LogP) is 2.96. The third-order valence-corrected chi connectivity index (χ3v) is 4.19. The van der Waals surface area contributed by atoms with Gasteiger partial charge in [-0.05, 0) is 39.2 Å². The summed E-state index contributed by atoms with van der Waals surface area (Å²) in [7, 11) is 0. The number of benzene rings is 1. The Morgan fingerprint density at radius 1 is 1.11 bits per heavy atom. The number of carbonyl (C=O) groups is 1. The van der Waals surface area contributed by atoms with Crippen molar-refractivity contribution in [3.8, 4) is 0 Å². The molecule has 6 nitrogen and oxygen atoms in total. The van der Waals surface area contributed by atoms with Crippen LogP contribution in [0.4, 0.5) is 0 Å². The third kappa shape index (κ3) is 9.99. The average Bonchev–Trinajstić information content (AvgIpc) is 2.66. The van der Waals surface area contributed by atoms with Crippen LogP contribution in [0.5, 0.6) is 0 Å². The average molecular weight is 378 g/mol. The molecule has 3 N–H and O–H groups in total. The molecule has 1 rings (SSSR count). The highest BCUT2D eigenvalue weighted by Crippen LogP contribution is 2.20. The van der Waals surface area contributed by atoms with E-state index >= 15 is 0 Å². The van der Waals surface area contributed by atoms with Crippen LogP contribution < -0.4 is 10.6 Å². The molecule has 0 aliphatic heterocycles. The Bertz CT molecular complexity index is 559. The zero-order valence-corrected chi connectivity index (χ0v) is 17.0. The minimum absolute atomic E-state index is 0.109. The van der Waals surface area contributed by atoms with Crippen LogP contribution in [0.25, 0.3) is 0 Å². The number of aliphatic imine (C=N–C) groups is 1. The summed E-state index contributed by atoms with van der Waals surface area (Å²) in [5.41, 5.74) is -0.150. The second-order valence-electron chi connectivity index (χ2n) is 6.73. The van der Waals surface area contributed by atoms with Gasteiger partial charge in [0.2, 0.25) is 0 Å². The molecular weight excluding hydrogens is 342 g/mol. The van der Waals surface area contributed by atoms with Gasteiger partial charge in [-0.15, -0.1) is 0 Å². The zero-order chi connectivity index (χ0) is 20.0. The maximum atomic E-state index is 11.3. The largest absolute Gasteiger partial charge is 0.466 e. The van der Waals surface area contributed by atoms with Crippen molar-refractivity contribution < 1.29 is 14.6 Å². The number of ether oxygens (including phenoxy) is 1. The van der Waals surface area contributed by atoms with Gasteiger partial charge in [0.25, 0.3) is 0 Å². The number of hydrogen-bond donors (Lipinski definition) is 3. The Balaban J connectivity index is 2.32. The highest BCUT2D eigenvalue weighted by atomic mass is 16.5. The summed E-state index contributed by atoms with van der Waals surface area (Å²) in [5, 5.41) is 17.2. The number of nitrogens with one attached hydrogen (secondary N) is 2. The molecule has 6 heteroatoms. The first-order chi connectivity index (χ1) is 13.0. The van der Waals surface area contributed by atoms with Crippen LogP contribution in [0.15, 0.2) is 35.3 Å². The van der Waals surface area contributed by atoms with Crippen LogP contribution in [-0.4, -0.2) is 43.3 Å². The molecule has 0 saturated heterocycles. The number of hydrogen-bond acceptors (Lipinski definition) is 4. The molecule has 1 aromatic carbocycles. The van der Waals surface area contributed by atoms with Gasteiger partial charge in [0, 0.05) is 19.5 Å². The fourth-order valence-electron chi connectivity index (χ4n) is 2.65. The molecule has 1 aromatic rings. The van der Waals surface area contributed by atoms with Crippen LogP contribution >= 0.6 is 0 Å². The first kappa shape index (κ1) is 23.0. The van der Waals surface area contributed by atoms with E-state index in [-0.39, 0.29) is 12.5 Å². The number of esters is 1. The van der Waals surface area contributed by atoms with Gasteiger partial charge in [0.1, 0.15) is 5.60 Å². The predicted molar refractivity (Wildman–Crippen MR) is 110 cm³/mol. The molecular formula is C21H35N3O3. The molecule has 1 unspecified atom stereocenters. The molecule has 0 saturated carbocycles. The number of unbranched alkanes of at least 4 members (excludes halogenated alkanes) is 3. The Morgan fingerprint density at radius 2 is 1.81 bits per heavy atom. The Hall–Kier alpha value is -2.08. The van der Waals surface area contributed by atoms with Gasteiger partial charge in [-0.1, -0.05) is 43.2 Å². The van der Waals surface area contributed by atoms with Crippen molar-refractivity contribution in [3.63, 3.8) is 0 Å². The molecule has 0 heterocycles. The number of nitrogens with zero attached hydrogens (tertiary/aromatic N) is 1. The molecule has 1 atom stereocenters. The van der Waals surface area contributed by atoms with Crippen molar-refractivity contribution in [1.29, 1.82) is 0 Å². The standard InChI is InChI=1S/C21H35N3O3/c1-4-22-20(23-16-12-7-6-11-15-19(25)27-5-2)24-17-21(3,26)18-13-9-8-10-14-18/h8-10,13-14,26H,4-7,11-12,15-17H2,1-3H3,(H2,22,23,24). The lowest BCUT2D eigenvalue weighted by atomic mass is 9.96. The van der Waals surface area contributed by atoms with Gasteiger partial charge < -0.3 is 20.5 Å². The summed E-state index contributed by atoms with van der Waals surface area (Å²) in [6, 6.07) is 9.58. The topological polar surface area (TPSA) is 83.0 Å². The molecule has 0 spiro atoms. The molecule has 0 amide bonds. The highest BCUT2D eigenvalue weighted by molar-refractivity contribution is 5.79. The molecule has 0 aromatic heterocycles. The van der Waals surface area contributed by atoms with Crippen molar-refractivity contribution in [2.45, 2.75) is 58.5 Å². The van der Waals surface area contributed by atoms with Crippen LogP contribution in [-0.2, 0) is 15.1 Å². The van der Waals surface area contributed by atoms with Crippen LogP contribution in [0.1, 0.15) is 58.4 Å². The molecule has 152 valence electrons. The molecule has 0 aliphatic rings. The maximum absolute atomic E-state index is 11.3. The Kier molecular flexibility index (Phi) is 11.2. The van der Waals surface area contributed by atoms with Gasteiger partial charge in [0.05, 0.1) is 13.2 Å². The fourth-order valence-corrected chi connectivity index (χ4v) is 2.65. The summed E-state index contributed by atoms with van der Waals surface area (Å²) >= 11 is 0. The molecule has 0 radical (unpaired) electrons. The van der Waals surface area contributed by atoms with Crippen molar-refractivity contribution in [3.05, 3.63) is 35.9 Å². The Labute approximate surface area is 163 Å².